The van der Waals surface area contributed by atoms with Gasteiger partial charge in [-0.25, -0.2) is 9.78 Å². The fourth-order valence-electron chi connectivity index (χ4n) is 2.58. The van der Waals surface area contributed by atoms with Crippen molar-refractivity contribution in [2.24, 2.45) is 0 Å². The van der Waals surface area contributed by atoms with E-state index in [0.29, 0.717) is 18.3 Å². The molecular formula is C16H23N7O. The van der Waals surface area contributed by atoms with Crippen LogP contribution in [0.1, 0.15) is 38.6 Å². The predicted octanol–water partition coefficient (Wildman–Crippen LogP) is 2.18. The molecule has 0 aromatic carbocycles. The Balaban J connectivity index is 1.52. The molecule has 2 N–H and O–H groups in total. The van der Waals surface area contributed by atoms with Gasteiger partial charge in [0.1, 0.15) is 12.1 Å². The van der Waals surface area contributed by atoms with Crippen LogP contribution < -0.4 is 15.5 Å². The highest BCUT2D eigenvalue weighted by atomic mass is 16.2. The lowest BCUT2D eigenvalue weighted by Crippen LogP contribution is -2.29. The molecule has 1 saturated carbocycles. The maximum Gasteiger partial charge on any atom is 0.319 e. The number of anilines is 2. The molecule has 24 heavy (non-hydrogen) atoms. The first-order chi connectivity index (χ1) is 11.7. The summed E-state index contributed by atoms with van der Waals surface area (Å²) in [4.78, 5) is 18.6. The van der Waals surface area contributed by atoms with E-state index in [1.165, 1.54) is 0 Å². The average molecular weight is 329 g/mol. The number of aromatic nitrogens is 4. The van der Waals surface area contributed by atoms with Gasteiger partial charge in [-0.2, -0.15) is 0 Å². The standard InChI is InChI=1S/C16H23N7O/c1-3-22(4-2)14-8-5-12(9-17-14)20-16(24)18-10-15-21-19-11-23(15)13-6-7-13/h5,8-9,11,13H,3-4,6-7,10H2,1-2H3,(H2,18,20,24). The van der Waals surface area contributed by atoms with Gasteiger partial charge in [0.25, 0.3) is 0 Å². The molecule has 1 fully saturated rings. The van der Waals surface area contributed by atoms with Gasteiger partial charge >= 0.3 is 6.03 Å². The zero-order valence-electron chi connectivity index (χ0n) is 14.1. The lowest BCUT2D eigenvalue weighted by Gasteiger charge is -2.19. The third-order valence-electron chi connectivity index (χ3n) is 4.09. The van der Waals surface area contributed by atoms with Gasteiger partial charge in [-0.3, -0.25) is 0 Å². The topological polar surface area (TPSA) is 88.0 Å². The highest BCUT2D eigenvalue weighted by molar-refractivity contribution is 5.89. The molecule has 0 radical (unpaired) electrons. The molecule has 2 amide bonds. The number of hydrogen-bond donors (Lipinski definition) is 2. The Hall–Kier alpha value is -2.64. The van der Waals surface area contributed by atoms with Gasteiger partial charge in [0.2, 0.25) is 0 Å². The zero-order chi connectivity index (χ0) is 16.9. The van der Waals surface area contributed by atoms with Crippen LogP contribution in [0.4, 0.5) is 16.3 Å². The fraction of sp³-hybridized carbons (Fsp3) is 0.500. The van der Waals surface area contributed by atoms with Crippen molar-refractivity contribution in [3.05, 3.63) is 30.5 Å². The van der Waals surface area contributed by atoms with Gasteiger partial charge in [0, 0.05) is 19.1 Å². The minimum absolute atomic E-state index is 0.280. The van der Waals surface area contributed by atoms with Gasteiger partial charge in [0.15, 0.2) is 5.82 Å². The first-order valence-corrected chi connectivity index (χ1v) is 8.35. The van der Waals surface area contributed by atoms with Crippen LogP contribution in [0.15, 0.2) is 24.7 Å². The number of nitrogens with zero attached hydrogens (tertiary/aromatic N) is 5. The van der Waals surface area contributed by atoms with Crippen LogP contribution in [0.2, 0.25) is 0 Å². The first kappa shape index (κ1) is 16.2. The smallest absolute Gasteiger partial charge is 0.319 e. The molecule has 0 unspecified atom stereocenters. The Kier molecular flexibility index (Phi) is 4.93. The van der Waals surface area contributed by atoms with E-state index in [-0.39, 0.29) is 6.03 Å². The van der Waals surface area contributed by atoms with Crippen LogP contribution in [-0.2, 0) is 6.54 Å². The first-order valence-electron chi connectivity index (χ1n) is 8.35. The Morgan fingerprint density at radius 2 is 2.12 bits per heavy atom. The fourth-order valence-corrected chi connectivity index (χ4v) is 2.58. The van der Waals surface area contributed by atoms with E-state index < -0.39 is 0 Å². The molecule has 128 valence electrons. The lowest BCUT2D eigenvalue weighted by atomic mass is 10.3. The molecule has 0 bridgehead atoms. The molecule has 0 aliphatic heterocycles. The number of rotatable bonds is 7. The van der Waals surface area contributed by atoms with Crippen molar-refractivity contribution in [3.63, 3.8) is 0 Å². The van der Waals surface area contributed by atoms with Crippen molar-refractivity contribution in [1.29, 1.82) is 0 Å². The Morgan fingerprint density at radius 3 is 2.75 bits per heavy atom. The van der Waals surface area contributed by atoms with Crippen molar-refractivity contribution in [3.8, 4) is 0 Å². The van der Waals surface area contributed by atoms with Crippen molar-refractivity contribution in [2.45, 2.75) is 39.3 Å². The van der Waals surface area contributed by atoms with E-state index in [9.17, 15) is 4.79 Å². The van der Waals surface area contributed by atoms with E-state index in [0.717, 1.165) is 37.6 Å². The summed E-state index contributed by atoms with van der Waals surface area (Å²) in [5, 5.41) is 13.6. The monoisotopic (exact) mass is 329 g/mol. The minimum atomic E-state index is -0.280. The van der Waals surface area contributed by atoms with Crippen LogP contribution in [0.5, 0.6) is 0 Å². The Labute approximate surface area is 141 Å². The summed E-state index contributed by atoms with van der Waals surface area (Å²) in [5.74, 6) is 1.69. The van der Waals surface area contributed by atoms with Gasteiger partial charge < -0.3 is 20.1 Å². The SMILES string of the molecule is CCN(CC)c1ccc(NC(=O)NCc2nncn2C2CC2)cn1. The van der Waals surface area contributed by atoms with Gasteiger partial charge in [0.05, 0.1) is 18.4 Å². The predicted molar refractivity (Wildman–Crippen MR) is 91.9 cm³/mol. The van der Waals surface area contributed by atoms with Crippen LogP contribution in [0.3, 0.4) is 0 Å². The van der Waals surface area contributed by atoms with Crippen LogP contribution in [-0.4, -0.2) is 38.9 Å². The minimum Gasteiger partial charge on any atom is -0.357 e. The Bertz CT molecular complexity index is 674. The number of pyridine rings is 1. The molecule has 2 aromatic heterocycles. The summed E-state index contributed by atoms with van der Waals surface area (Å²) in [6.45, 7) is 6.33. The van der Waals surface area contributed by atoms with E-state index >= 15 is 0 Å². The second-order valence-electron chi connectivity index (χ2n) is 5.77. The highest BCUT2D eigenvalue weighted by Crippen LogP contribution is 2.35. The summed E-state index contributed by atoms with van der Waals surface area (Å²) >= 11 is 0. The number of hydrogen-bond acceptors (Lipinski definition) is 5. The average Bonchev–Trinajstić information content (AvgIpc) is 3.34. The van der Waals surface area contributed by atoms with E-state index in [1.807, 2.05) is 16.7 Å². The summed E-state index contributed by atoms with van der Waals surface area (Å²) < 4.78 is 2.03. The number of carbonyl (C=O) groups is 1. The highest BCUT2D eigenvalue weighted by Gasteiger charge is 2.26. The maximum atomic E-state index is 12.0. The number of carbonyl (C=O) groups excluding carboxylic acids is 1. The molecule has 0 spiro atoms. The van der Waals surface area contributed by atoms with Crippen molar-refractivity contribution < 1.29 is 4.79 Å². The maximum absolute atomic E-state index is 12.0. The van der Waals surface area contributed by atoms with Crippen molar-refractivity contribution >= 4 is 17.5 Å². The summed E-state index contributed by atoms with van der Waals surface area (Å²) in [6.07, 6.45) is 5.70. The van der Waals surface area contributed by atoms with Crippen LogP contribution >= 0.6 is 0 Å². The normalized spacial score (nSPS) is 13.6. The molecule has 1 aliphatic carbocycles. The van der Waals surface area contributed by atoms with E-state index in [1.54, 1.807) is 12.5 Å². The number of amides is 2. The third kappa shape index (κ3) is 3.81. The molecule has 3 rings (SSSR count). The third-order valence-corrected chi connectivity index (χ3v) is 4.09. The summed E-state index contributed by atoms with van der Waals surface area (Å²) in [6, 6.07) is 3.98. The molecule has 2 aromatic rings. The quantitative estimate of drug-likeness (QED) is 0.813. The molecular weight excluding hydrogens is 306 g/mol. The molecule has 0 atom stereocenters. The number of urea groups is 1. The molecule has 1 aliphatic rings. The molecule has 8 heteroatoms. The van der Waals surface area contributed by atoms with Crippen molar-refractivity contribution in [1.82, 2.24) is 25.1 Å². The van der Waals surface area contributed by atoms with Gasteiger partial charge in [-0.15, -0.1) is 10.2 Å². The van der Waals surface area contributed by atoms with Crippen LogP contribution in [0, 0.1) is 0 Å². The van der Waals surface area contributed by atoms with Gasteiger partial charge in [-0.1, -0.05) is 0 Å². The van der Waals surface area contributed by atoms with Gasteiger partial charge in [-0.05, 0) is 38.8 Å². The van der Waals surface area contributed by atoms with E-state index in [4.69, 9.17) is 0 Å². The molecule has 2 heterocycles. The lowest BCUT2D eigenvalue weighted by molar-refractivity contribution is 0.251. The zero-order valence-corrected chi connectivity index (χ0v) is 14.1. The van der Waals surface area contributed by atoms with E-state index in [2.05, 4.69) is 44.6 Å². The van der Waals surface area contributed by atoms with Crippen LogP contribution in [0.25, 0.3) is 0 Å². The largest absolute Gasteiger partial charge is 0.357 e. The Morgan fingerprint density at radius 1 is 1.33 bits per heavy atom. The summed E-state index contributed by atoms with van der Waals surface area (Å²) in [5.41, 5.74) is 0.659. The second kappa shape index (κ2) is 7.29. The molecule has 0 saturated heterocycles. The second-order valence-corrected chi connectivity index (χ2v) is 5.77. The number of nitrogens with one attached hydrogen (secondary N) is 2. The summed E-state index contributed by atoms with van der Waals surface area (Å²) in [7, 11) is 0. The van der Waals surface area contributed by atoms with Crippen molar-refractivity contribution in [2.75, 3.05) is 23.3 Å². The molecule has 8 nitrogen and oxygen atoms in total.